The Morgan fingerprint density at radius 1 is 1.19 bits per heavy atom. The number of halogens is 1. The molecule has 0 radical (unpaired) electrons. The summed E-state index contributed by atoms with van der Waals surface area (Å²) >= 11 is 6.24. The van der Waals surface area contributed by atoms with E-state index in [1.54, 1.807) is 24.7 Å². The van der Waals surface area contributed by atoms with E-state index in [0.717, 1.165) is 54.9 Å². The van der Waals surface area contributed by atoms with Crippen LogP contribution in [0.5, 0.6) is 11.6 Å². The van der Waals surface area contributed by atoms with Crippen LogP contribution >= 0.6 is 11.6 Å². The van der Waals surface area contributed by atoms with E-state index in [2.05, 4.69) is 31.2 Å². The Hall–Kier alpha value is -3.21. The van der Waals surface area contributed by atoms with Gasteiger partial charge in [0.2, 0.25) is 11.8 Å². The summed E-state index contributed by atoms with van der Waals surface area (Å²) in [7, 11) is 0. The third-order valence-electron chi connectivity index (χ3n) is 5.60. The van der Waals surface area contributed by atoms with Crippen molar-refractivity contribution in [1.82, 2.24) is 19.9 Å². The molecule has 3 heterocycles. The van der Waals surface area contributed by atoms with Gasteiger partial charge in [0.25, 0.3) is 0 Å². The van der Waals surface area contributed by atoms with Gasteiger partial charge in [0, 0.05) is 50.3 Å². The normalized spacial score (nSPS) is 14.7. The number of rotatable bonds is 6. The lowest BCUT2D eigenvalue weighted by atomic mass is 10.0. The van der Waals surface area contributed by atoms with Crippen LogP contribution in [0.1, 0.15) is 35.1 Å². The largest absolute Gasteiger partial charge is 0.438 e. The number of piperidine rings is 1. The SMILES string of the molecule is Cc1cc(C#N)cc(C)c1Oc1ccnc(NC2CCN(Cc3ccncc3Cl)CC2)n1. The van der Waals surface area contributed by atoms with Crippen LogP contribution in [0.2, 0.25) is 5.02 Å². The van der Waals surface area contributed by atoms with Crippen molar-refractivity contribution in [2.45, 2.75) is 39.3 Å². The van der Waals surface area contributed by atoms with Gasteiger partial charge in [0.05, 0.1) is 16.7 Å². The van der Waals surface area contributed by atoms with Crippen molar-refractivity contribution in [2.24, 2.45) is 0 Å². The van der Waals surface area contributed by atoms with Crippen molar-refractivity contribution in [3.05, 3.63) is 70.1 Å². The van der Waals surface area contributed by atoms with Crippen LogP contribution in [0.15, 0.2) is 42.9 Å². The molecule has 0 spiro atoms. The number of aryl methyl sites for hydroxylation is 2. The number of likely N-dealkylation sites (tertiary alicyclic amines) is 1. The zero-order valence-electron chi connectivity index (χ0n) is 18.2. The number of anilines is 1. The maximum Gasteiger partial charge on any atom is 0.226 e. The van der Waals surface area contributed by atoms with Gasteiger partial charge in [-0.1, -0.05) is 11.6 Å². The van der Waals surface area contributed by atoms with Crippen molar-refractivity contribution < 1.29 is 4.74 Å². The van der Waals surface area contributed by atoms with E-state index < -0.39 is 0 Å². The summed E-state index contributed by atoms with van der Waals surface area (Å²) in [4.78, 5) is 15.3. The van der Waals surface area contributed by atoms with E-state index in [-0.39, 0.29) is 0 Å². The minimum atomic E-state index is 0.299. The fourth-order valence-corrected chi connectivity index (χ4v) is 4.12. The number of nitrogens with one attached hydrogen (secondary N) is 1. The summed E-state index contributed by atoms with van der Waals surface area (Å²) in [5, 5.41) is 13.3. The van der Waals surface area contributed by atoms with Crippen molar-refractivity contribution in [3.63, 3.8) is 0 Å². The molecule has 32 heavy (non-hydrogen) atoms. The molecule has 2 aromatic heterocycles. The predicted octanol–water partition coefficient (Wildman–Crippen LogP) is 4.88. The first-order valence-corrected chi connectivity index (χ1v) is 11.0. The molecule has 0 unspecified atom stereocenters. The molecule has 8 heteroatoms. The Labute approximate surface area is 193 Å². The highest BCUT2D eigenvalue weighted by Crippen LogP contribution is 2.29. The molecule has 0 bridgehead atoms. The molecule has 1 aromatic carbocycles. The standard InChI is InChI=1S/C24H25ClN6O/c1-16-11-18(13-26)12-17(2)23(16)32-22-4-8-28-24(30-22)29-20-5-9-31(10-6-20)15-19-3-7-27-14-21(19)25/h3-4,7-8,11-12,14,20H,5-6,9-10,15H2,1-2H3,(H,28,29,30). The fraction of sp³-hybridized carbons (Fsp3) is 0.333. The zero-order chi connectivity index (χ0) is 22.5. The van der Waals surface area contributed by atoms with Gasteiger partial charge in [0.15, 0.2) is 0 Å². The van der Waals surface area contributed by atoms with Crippen molar-refractivity contribution in [3.8, 4) is 17.7 Å². The van der Waals surface area contributed by atoms with E-state index >= 15 is 0 Å². The molecule has 0 atom stereocenters. The third-order valence-corrected chi connectivity index (χ3v) is 5.94. The molecule has 3 aromatic rings. The number of nitrogens with zero attached hydrogens (tertiary/aromatic N) is 5. The molecule has 0 saturated carbocycles. The van der Waals surface area contributed by atoms with E-state index in [1.165, 1.54) is 0 Å². The third kappa shape index (κ3) is 5.34. The van der Waals surface area contributed by atoms with Gasteiger partial charge in [-0.15, -0.1) is 0 Å². The second kappa shape index (κ2) is 9.94. The highest BCUT2D eigenvalue weighted by Gasteiger charge is 2.21. The van der Waals surface area contributed by atoms with Gasteiger partial charge < -0.3 is 10.1 Å². The lowest BCUT2D eigenvalue weighted by Gasteiger charge is -2.32. The number of nitriles is 1. The molecule has 0 aliphatic carbocycles. The average molecular weight is 449 g/mol. The number of aromatic nitrogens is 3. The molecule has 164 valence electrons. The number of benzene rings is 1. The molecule has 1 aliphatic rings. The first kappa shape index (κ1) is 22.0. The second-order valence-electron chi connectivity index (χ2n) is 8.03. The van der Waals surface area contributed by atoms with Crippen molar-refractivity contribution in [2.75, 3.05) is 18.4 Å². The lowest BCUT2D eigenvalue weighted by Crippen LogP contribution is -2.39. The quantitative estimate of drug-likeness (QED) is 0.574. The minimum Gasteiger partial charge on any atom is -0.438 e. The van der Waals surface area contributed by atoms with Gasteiger partial charge in [0.1, 0.15) is 5.75 Å². The topological polar surface area (TPSA) is 87.0 Å². The number of hydrogen-bond donors (Lipinski definition) is 1. The maximum atomic E-state index is 9.13. The summed E-state index contributed by atoms with van der Waals surface area (Å²) < 4.78 is 6.04. The zero-order valence-corrected chi connectivity index (χ0v) is 18.9. The first-order valence-electron chi connectivity index (χ1n) is 10.6. The van der Waals surface area contributed by atoms with Gasteiger partial charge >= 0.3 is 0 Å². The average Bonchev–Trinajstić information content (AvgIpc) is 2.79. The van der Waals surface area contributed by atoms with Crippen LogP contribution < -0.4 is 10.1 Å². The first-order chi connectivity index (χ1) is 15.5. The second-order valence-corrected chi connectivity index (χ2v) is 8.44. The molecule has 4 rings (SSSR count). The highest BCUT2D eigenvalue weighted by atomic mass is 35.5. The van der Waals surface area contributed by atoms with Gasteiger partial charge in [-0.05, 0) is 61.6 Å². The molecule has 1 saturated heterocycles. The lowest BCUT2D eigenvalue weighted by molar-refractivity contribution is 0.211. The monoisotopic (exact) mass is 448 g/mol. The van der Waals surface area contributed by atoms with Crippen molar-refractivity contribution in [1.29, 1.82) is 5.26 Å². The minimum absolute atomic E-state index is 0.299. The van der Waals surface area contributed by atoms with Gasteiger partial charge in [-0.25, -0.2) is 4.98 Å². The number of hydrogen-bond acceptors (Lipinski definition) is 7. The molecule has 1 aliphatic heterocycles. The Morgan fingerprint density at radius 3 is 2.62 bits per heavy atom. The summed E-state index contributed by atoms with van der Waals surface area (Å²) in [5.41, 5.74) is 3.53. The van der Waals surface area contributed by atoms with E-state index in [0.29, 0.717) is 28.5 Å². The van der Waals surface area contributed by atoms with Crippen LogP contribution in [-0.2, 0) is 6.54 Å². The molecular formula is C24H25ClN6O. The molecule has 0 amide bonds. The molecule has 7 nitrogen and oxygen atoms in total. The highest BCUT2D eigenvalue weighted by molar-refractivity contribution is 6.31. The summed E-state index contributed by atoms with van der Waals surface area (Å²) in [6, 6.07) is 9.81. The predicted molar refractivity (Wildman–Crippen MR) is 124 cm³/mol. The molecule has 1 fully saturated rings. The smallest absolute Gasteiger partial charge is 0.226 e. The van der Waals surface area contributed by atoms with Crippen LogP contribution in [0.4, 0.5) is 5.95 Å². The van der Waals surface area contributed by atoms with E-state index in [1.807, 2.05) is 32.0 Å². The Kier molecular flexibility index (Phi) is 6.84. The summed E-state index contributed by atoms with van der Waals surface area (Å²) in [5.74, 6) is 1.75. The van der Waals surface area contributed by atoms with Crippen LogP contribution in [0, 0.1) is 25.2 Å². The van der Waals surface area contributed by atoms with Gasteiger partial charge in [-0.2, -0.15) is 10.2 Å². The summed E-state index contributed by atoms with van der Waals surface area (Å²) in [6.45, 7) is 6.62. The number of ether oxygens (including phenoxy) is 1. The van der Waals surface area contributed by atoms with E-state index in [9.17, 15) is 0 Å². The van der Waals surface area contributed by atoms with Gasteiger partial charge in [-0.3, -0.25) is 9.88 Å². The summed E-state index contributed by atoms with van der Waals surface area (Å²) in [6.07, 6.45) is 7.15. The Morgan fingerprint density at radius 2 is 1.94 bits per heavy atom. The van der Waals surface area contributed by atoms with E-state index in [4.69, 9.17) is 21.6 Å². The Balaban J connectivity index is 1.35. The Bertz CT molecular complexity index is 1110. The molecule has 1 N–H and O–H groups in total. The fourth-order valence-electron chi connectivity index (χ4n) is 3.94. The number of pyridine rings is 1. The van der Waals surface area contributed by atoms with Crippen LogP contribution in [0.25, 0.3) is 0 Å². The molecular weight excluding hydrogens is 424 g/mol. The van der Waals surface area contributed by atoms with Crippen LogP contribution in [-0.4, -0.2) is 39.0 Å². The van der Waals surface area contributed by atoms with Crippen molar-refractivity contribution >= 4 is 17.5 Å². The van der Waals surface area contributed by atoms with Crippen LogP contribution in [0.3, 0.4) is 0 Å². The maximum absolute atomic E-state index is 9.13.